The fourth-order valence-electron chi connectivity index (χ4n) is 8.44. The summed E-state index contributed by atoms with van der Waals surface area (Å²) >= 11 is 0. The molecule has 0 radical (unpaired) electrons. The van der Waals surface area contributed by atoms with Crippen molar-refractivity contribution in [2.45, 2.75) is 297 Å². The Hall–Kier alpha value is -3.67. The first-order valence-electron chi connectivity index (χ1n) is 30.7. The van der Waals surface area contributed by atoms with Crippen LogP contribution in [0.5, 0.6) is 0 Å². The third-order valence-corrected chi connectivity index (χ3v) is 13.0. The fraction of sp³-hybridized carbons (Fsp3) is 0.716. The lowest BCUT2D eigenvalue weighted by atomic mass is 10.1. The van der Waals surface area contributed by atoms with Gasteiger partial charge >= 0.3 is 17.9 Å². The summed E-state index contributed by atoms with van der Waals surface area (Å²) < 4.78 is 16.9. The lowest BCUT2D eigenvalue weighted by Gasteiger charge is -2.18. The quantitative estimate of drug-likeness (QED) is 0.0261. The maximum absolute atomic E-state index is 12.9. The van der Waals surface area contributed by atoms with E-state index in [1.165, 1.54) is 135 Å². The molecule has 6 nitrogen and oxygen atoms in total. The standard InChI is InChI=1S/C67H114O6/c1-4-7-10-13-16-19-22-25-27-29-31-32-33-34-35-36-37-39-40-42-45-48-51-54-57-60-66(69)72-63-64(62-71-65(68)59-56-53-50-47-44-24-21-18-15-12-9-6-3)73-67(70)61-58-55-52-49-46-43-41-38-30-28-26-23-20-17-14-11-8-5-2/h7,10,16,18-19,21,25,27-28,30-32,34-35,37,39,64H,4-6,8-9,11-15,17,20,22-24,26,29,33,36,38,40-63H2,1-3H3/b10-7-,19-16-,21-18-,27-25-,30-28-,32-31-,35-34-,39-37-. The molecule has 0 amide bonds. The van der Waals surface area contributed by atoms with Crippen LogP contribution in [0.1, 0.15) is 290 Å². The molecule has 0 aromatic heterocycles. The highest BCUT2D eigenvalue weighted by Gasteiger charge is 2.19. The van der Waals surface area contributed by atoms with E-state index in [0.717, 1.165) is 116 Å². The van der Waals surface area contributed by atoms with Crippen molar-refractivity contribution < 1.29 is 28.6 Å². The smallest absolute Gasteiger partial charge is 0.306 e. The van der Waals surface area contributed by atoms with Crippen molar-refractivity contribution in [3.8, 4) is 0 Å². The van der Waals surface area contributed by atoms with Gasteiger partial charge in [0, 0.05) is 19.3 Å². The topological polar surface area (TPSA) is 78.9 Å². The number of hydrogen-bond acceptors (Lipinski definition) is 6. The van der Waals surface area contributed by atoms with Gasteiger partial charge in [-0.05, 0) is 122 Å². The Labute approximate surface area is 451 Å². The highest BCUT2D eigenvalue weighted by Crippen LogP contribution is 2.15. The van der Waals surface area contributed by atoms with Crippen molar-refractivity contribution in [1.82, 2.24) is 0 Å². The minimum absolute atomic E-state index is 0.0880. The molecule has 0 heterocycles. The van der Waals surface area contributed by atoms with Gasteiger partial charge in [-0.3, -0.25) is 14.4 Å². The van der Waals surface area contributed by atoms with Crippen molar-refractivity contribution in [2.75, 3.05) is 13.2 Å². The molecule has 0 bridgehead atoms. The Morgan fingerprint density at radius 2 is 0.534 bits per heavy atom. The minimum Gasteiger partial charge on any atom is -0.462 e. The van der Waals surface area contributed by atoms with Gasteiger partial charge in [-0.2, -0.15) is 0 Å². The number of ether oxygens (including phenoxy) is 3. The van der Waals surface area contributed by atoms with Gasteiger partial charge in [-0.25, -0.2) is 0 Å². The van der Waals surface area contributed by atoms with E-state index in [2.05, 4.69) is 118 Å². The van der Waals surface area contributed by atoms with Crippen LogP contribution in [0.15, 0.2) is 97.2 Å². The first kappa shape index (κ1) is 69.3. The molecule has 0 saturated carbocycles. The summed E-state index contributed by atoms with van der Waals surface area (Å²) in [6.07, 6.45) is 81.2. The van der Waals surface area contributed by atoms with Crippen LogP contribution < -0.4 is 0 Å². The molecule has 0 aliphatic carbocycles. The van der Waals surface area contributed by atoms with Gasteiger partial charge in [0.15, 0.2) is 6.10 Å². The molecule has 0 aromatic carbocycles. The van der Waals surface area contributed by atoms with Crippen molar-refractivity contribution in [2.24, 2.45) is 0 Å². The second-order valence-corrected chi connectivity index (χ2v) is 20.2. The van der Waals surface area contributed by atoms with Crippen LogP contribution in [-0.4, -0.2) is 37.2 Å². The van der Waals surface area contributed by atoms with Crippen molar-refractivity contribution in [1.29, 1.82) is 0 Å². The van der Waals surface area contributed by atoms with Crippen LogP contribution >= 0.6 is 0 Å². The second-order valence-electron chi connectivity index (χ2n) is 20.2. The zero-order valence-electron chi connectivity index (χ0n) is 47.9. The molecular formula is C67H114O6. The molecule has 0 fully saturated rings. The first-order valence-corrected chi connectivity index (χ1v) is 30.7. The Morgan fingerprint density at radius 3 is 0.877 bits per heavy atom. The number of carbonyl (C=O) groups is 3. The number of allylic oxidation sites excluding steroid dienone is 16. The lowest BCUT2D eigenvalue weighted by Crippen LogP contribution is -2.30. The summed E-state index contributed by atoms with van der Waals surface area (Å²) in [5.41, 5.74) is 0. The summed E-state index contributed by atoms with van der Waals surface area (Å²) in [4.78, 5) is 38.2. The zero-order chi connectivity index (χ0) is 52.9. The van der Waals surface area contributed by atoms with Crippen molar-refractivity contribution in [3.05, 3.63) is 97.2 Å². The van der Waals surface area contributed by atoms with Crippen molar-refractivity contribution >= 4 is 17.9 Å². The van der Waals surface area contributed by atoms with E-state index in [4.69, 9.17) is 14.2 Å². The summed E-state index contributed by atoms with van der Waals surface area (Å²) in [7, 11) is 0. The highest BCUT2D eigenvalue weighted by molar-refractivity contribution is 5.71. The predicted molar refractivity (Wildman–Crippen MR) is 316 cm³/mol. The van der Waals surface area contributed by atoms with Gasteiger partial charge < -0.3 is 14.2 Å². The molecule has 0 saturated heterocycles. The molecular weight excluding hydrogens is 901 g/mol. The number of hydrogen-bond donors (Lipinski definition) is 0. The fourth-order valence-corrected chi connectivity index (χ4v) is 8.44. The summed E-state index contributed by atoms with van der Waals surface area (Å²) in [5.74, 6) is -0.909. The van der Waals surface area contributed by atoms with Crippen LogP contribution in [-0.2, 0) is 28.6 Å². The molecule has 418 valence electrons. The third-order valence-electron chi connectivity index (χ3n) is 13.0. The summed E-state index contributed by atoms with van der Waals surface area (Å²) in [5, 5.41) is 0. The predicted octanol–water partition coefficient (Wildman–Crippen LogP) is 20.9. The van der Waals surface area contributed by atoms with E-state index >= 15 is 0 Å². The maximum atomic E-state index is 12.9. The van der Waals surface area contributed by atoms with Crippen LogP contribution in [0.3, 0.4) is 0 Å². The normalized spacial score (nSPS) is 12.8. The molecule has 1 atom stereocenters. The van der Waals surface area contributed by atoms with Gasteiger partial charge in [-0.15, -0.1) is 0 Å². The average Bonchev–Trinajstić information content (AvgIpc) is 3.39. The van der Waals surface area contributed by atoms with E-state index in [0.29, 0.717) is 19.3 Å². The molecule has 6 heteroatoms. The highest BCUT2D eigenvalue weighted by atomic mass is 16.6. The summed E-state index contributed by atoms with van der Waals surface area (Å²) in [6.45, 7) is 6.49. The Morgan fingerprint density at radius 1 is 0.288 bits per heavy atom. The van der Waals surface area contributed by atoms with Crippen molar-refractivity contribution in [3.63, 3.8) is 0 Å². The monoisotopic (exact) mass is 1010 g/mol. The zero-order valence-corrected chi connectivity index (χ0v) is 47.9. The van der Waals surface area contributed by atoms with Gasteiger partial charge in [-0.1, -0.05) is 246 Å². The lowest BCUT2D eigenvalue weighted by molar-refractivity contribution is -0.167. The molecule has 0 rings (SSSR count). The maximum Gasteiger partial charge on any atom is 0.306 e. The van der Waals surface area contributed by atoms with Gasteiger partial charge in [0.2, 0.25) is 0 Å². The Balaban J connectivity index is 4.36. The van der Waals surface area contributed by atoms with Crippen LogP contribution in [0.4, 0.5) is 0 Å². The number of carbonyl (C=O) groups excluding carboxylic acids is 3. The number of esters is 3. The Kier molecular flexibility index (Phi) is 57.8. The van der Waals surface area contributed by atoms with Gasteiger partial charge in [0.25, 0.3) is 0 Å². The van der Waals surface area contributed by atoms with E-state index in [1.807, 2.05) is 0 Å². The molecule has 0 aliphatic heterocycles. The van der Waals surface area contributed by atoms with Crippen LogP contribution in [0.25, 0.3) is 0 Å². The van der Waals surface area contributed by atoms with E-state index in [9.17, 15) is 14.4 Å². The van der Waals surface area contributed by atoms with Crippen LogP contribution in [0.2, 0.25) is 0 Å². The SMILES string of the molecule is CC/C=C\C/C=C\C/C=C\C/C=C\C/C=C\C/C=C\CCCCCCCCC(=O)OCC(COC(=O)CCCCCCC/C=C\CCCCC)OC(=O)CCCCCCCCC/C=C\CCCCCCCCC. The largest absolute Gasteiger partial charge is 0.462 e. The molecule has 0 aliphatic rings. The number of rotatable bonds is 55. The second kappa shape index (κ2) is 60.9. The third kappa shape index (κ3) is 59.1. The van der Waals surface area contributed by atoms with E-state index in [-0.39, 0.29) is 31.1 Å². The molecule has 0 N–H and O–H groups in total. The molecule has 0 aromatic rings. The first-order chi connectivity index (χ1) is 36.0. The minimum atomic E-state index is -0.791. The molecule has 1 unspecified atom stereocenters. The Bertz CT molecular complexity index is 1440. The average molecular weight is 1020 g/mol. The van der Waals surface area contributed by atoms with Gasteiger partial charge in [0.1, 0.15) is 13.2 Å². The van der Waals surface area contributed by atoms with E-state index < -0.39 is 6.10 Å². The van der Waals surface area contributed by atoms with Gasteiger partial charge in [0.05, 0.1) is 0 Å². The van der Waals surface area contributed by atoms with Crippen LogP contribution in [0, 0.1) is 0 Å². The van der Waals surface area contributed by atoms with E-state index in [1.54, 1.807) is 0 Å². The molecule has 0 spiro atoms. The number of unbranched alkanes of at least 4 members (excludes halogenated alkanes) is 28. The summed E-state index contributed by atoms with van der Waals surface area (Å²) in [6, 6.07) is 0. The molecule has 73 heavy (non-hydrogen) atoms.